The lowest BCUT2D eigenvalue weighted by atomic mass is 10.1. The van der Waals surface area contributed by atoms with E-state index >= 15 is 0 Å². The van der Waals surface area contributed by atoms with Crippen LogP contribution >= 0.6 is 0 Å². The van der Waals surface area contributed by atoms with Gasteiger partial charge in [-0.15, -0.1) is 0 Å². The lowest BCUT2D eigenvalue weighted by Crippen LogP contribution is -2.30. The van der Waals surface area contributed by atoms with Crippen LogP contribution < -0.4 is 15.5 Å². The van der Waals surface area contributed by atoms with Gasteiger partial charge in [0.05, 0.1) is 0 Å². The molecule has 2 N–H and O–H groups in total. The summed E-state index contributed by atoms with van der Waals surface area (Å²) >= 11 is 0. The van der Waals surface area contributed by atoms with Crippen LogP contribution in [0.2, 0.25) is 0 Å². The zero-order valence-electron chi connectivity index (χ0n) is 16.6. The Kier molecular flexibility index (Phi) is 5.70. The number of urea groups is 1. The van der Waals surface area contributed by atoms with E-state index in [1.165, 1.54) is 19.3 Å². The number of carbonyl (C=O) groups is 1. The fraction of sp³-hybridized carbons (Fsp3) is 0.261. The average molecular weight is 387 g/mol. The van der Waals surface area contributed by atoms with Gasteiger partial charge in [-0.1, -0.05) is 30.3 Å². The Bertz CT molecular complexity index is 998. The summed E-state index contributed by atoms with van der Waals surface area (Å²) in [7, 11) is 0. The Labute approximate surface area is 171 Å². The minimum absolute atomic E-state index is 0.271. The van der Waals surface area contributed by atoms with E-state index in [2.05, 4.69) is 25.5 Å². The van der Waals surface area contributed by atoms with E-state index in [-0.39, 0.29) is 6.03 Å². The summed E-state index contributed by atoms with van der Waals surface area (Å²) in [6.07, 6.45) is 7.08. The fourth-order valence-corrected chi connectivity index (χ4v) is 3.61. The van der Waals surface area contributed by atoms with Crippen LogP contribution in [0.15, 0.2) is 60.9 Å². The number of nitrogens with one attached hydrogen (secondary N) is 2. The van der Waals surface area contributed by atoms with E-state index in [1.807, 2.05) is 55.5 Å². The SMILES string of the molecule is Cc1ccccc1NC(=O)Nc1cccc(-c2nccnc2N2CCCCC2)c1. The summed E-state index contributed by atoms with van der Waals surface area (Å²) in [6.45, 7) is 3.97. The monoisotopic (exact) mass is 387 g/mol. The normalized spacial score (nSPS) is 13.8. The van der Waals surface area contributed by atoms with Gasteiger partial charge >= 0.3 is 6.03 Å². The maximum absolute atomic E-state index is 12.4. The maximum Gasteiger partial charge on any atom is 0.323 e. The molecule has 0 bridgehead atoms. The molecule has 2 amide bonds. The molecule has 0 aliphatic carbocycles. The summed E-state index contributed by atoms with van der Waals surface area (Å²) < 4.78 is 0. The van der Waals surface area contributed by atoms with Gasteiger partial charge < -0.3 is 15.5 Å². The molecule has 2 heterocycles. The summed E-state index contributed by atoms with van der Waals surface area (Å²) in [5.74, 6) is 0.911. The molecule has 0 radical (unpaired) electrons. The van der Waals surface area contributed by atoms with Gasteiger partial charge in [-0.2, -0.15) is 0 Å². The Morgan fingerprint density at radius 1 is 0.931 bits per heavy atom. The number of piperidine rings is 1. The predicted molar refractivity (Wildman–Crippen MR) is 117 cm³/mol. The molecule has 1 saturated heterocycles. The van der Waals surface area contributed by atoms with Crippen molar-refractivity contribution in [2.45, 2.75) is 26.2 Å². The molecular formula is C23H25N5O. The highest BCUT2D eigenvalue weighted by Crippen LogP contribution is 2.30. The fourth-order valence-electron chi connectivity index (χ4n) is 3.61. The first-order valence-electron chi connectivity index (χ1n) is 10.0. The number of rotatable bonds is 4. The molecule has 148 valence electrons. The molecule has 1 aliphatic rings. The first-order chi connectivity index (χ1) is 14.2. The Morgan fingerprint density at radius 2 is 1.72 bits per heavy atom. The van der Waals surface area contributed by atoms with Crippen molar-refractivity contribution >= 4 is 23.2 Å². The first-order valence-corrected chi connectivity index (χ1v) is 10.0. The van der Waals surface area contributed by atoms with Crippen molar-refractivity contribution in [2.24, 2.45) is 0 Å². The largest absolute Gasteiger partial charge is 0.355 e. The number of hydrogen-bond donors (Lipinski definition) is 2. The van der Waals surface area contributed by atoms with Crippen molar-refractivity contribution < 1.29 is 4.79 Å². The summed E-state index contributed by atoms with van der Waals surface area (Å²) in [6, 6.07) is 15.2. The molecule has 0 saturated carbocycles. The van der Waals surface area contributed by atoms with Crippen molar-refractivity contribution in [3.8, 4) is 11.3 Å². The van der Waals surface area contributed by atoms with Crippen molar-refractivity contribution in [2.75, 3.05) is 28.6 Å². The first kappa shape index (κ1) is 18.9. The number of aromatic nitrogens is 2. The van der Waals surface area contributed by atoms with Crippen LogP contribution in [0.5, 0.6) is 0 Å². The molecule has 1 fully saturated rings. The standard InChI is InChI=1S/C23H25N5O/c1-17-8-3-4-11-20(17)27-23(29)26-19-10-7-9-18(16-19)21-22(25-13-12-24-21)28-14-5-2-6-15-28/h3-4,7-13,16H,2,5-6,14-15H2,1H3,(H2,26,27,29). The number of benzene rings is 2. The van der Waals surface area contributed by atoms with Gasteiger partial charge in [0.25, 0.3) is 0 Å². The second kappa shape index (κ2) is 8.73. The smallest absolute Gasteiger partial charge is 0.323 e. The Balaban J connectivity index is 1.54. The average Bonchev–Trinajstić information content (AvgIpc) is 2.76. The number of hydrogen-bond acceptors (Lipinski definition) is 4. The Hall–Kier alpha value is -3.41. The van der Waals surface area contributed by atoms with Crippen LogP contribution in [-0.4, -0.2) is 29.1 Å². The van der Waals surface area contributed by atoms with Gasteiger partial charge in [0.2, 0.25) is 0 Å². The molecule has 0 unspecified atom stereocenters. The molecule has 4 rings (SSSR count). The molecule has 2 aromatic carbocycles. The zero-order chi connectivity index (χ0) is 20.1. The van der Waals surface area contributed by atoms with E-state index < -0.39 is 0 Å². The zero-order valence-corrected chi connectivity index (χ0v) is 16.6. The summed E-state index contributed by atoms with van der Waals surface area (Å²) in [5, 5.41) is 5.81. The van der Waals surface area contributed by atoms with Gasteiger partial charge in [0.1, 0.15) is 5.69 Å². The molecule has 1 aromatic heterocycles. The minimum Gasteiger partial charge on any atom is -0.355 e. The van der Waals surface area contributed by atoms with Gasteiger partial charge in [0.15, 0.2) is 5.82 Å². The van der Waals surface area contributed by atoms with E-state index in [0.717, 1.165) is 41.4 Å². The van der Waals surface area contributed by atoms with E-state index in [9.17, 15) is 4.79 Å². The van der Waals surface area contributed by atoms with E-state index in [0.29, 0.717) is 5.69 Å². The minimum atomic E-state index is -0.271. The third-order valence-corrected chi connectivity index (χ3v) is 5.12. The number of anilines is 3. The maximum atomic E-state index is 12.4. The molecule has 29 heavy (non-hydrogen) atoms. The summed E-state index contributed by atoms with van der Waals surface area (Å²) in [5.41, 5.74) is 4.30. The van der Waals surface area contributed by atoms with Crippen LogP contribution in [0.3, 0.4) is 0 Å². The quantitative estimate of drug-likeness (QED) is 0.654. The summed E-state index contributed by atoms with van der Waals surface area (Å²) in [4.78, 5) is 23.9. The molecular weight excluding hydrogens is 362 g/mol. The number of aryl methyl sites for hydroxylation is 1. The van der Waals surface area contributed by atoms with Crippen LogP contribution in [0.4, 0.5) is 22.0 Å². The molecule has 0 spiro atoms. The topological polar surface area (TPSA) is 70.1 Å². The Morgan fingerprint density at radius 3 is 2.55 bits per heavy atom. The molecule has 6 nitrogen and oxygen atoms in total. The highest BCUT2D eigenvalue weighted by molar-refractivity contribution is 6.00. The highest BCUT2D eigenvalue weighted by Gasteiger charge is 2.18. The van der Waals surface area contributed by atoms with Gasteiger partial charge in [0, 0.05) is 42.4 Å². The number of nitrogens with zero attached hydrogens (tertiary/aromatic N) is 3. The van der Waals surface area contributed by atoms with Gasteiger partial charge in [-0.05, 0) is 49.9 Å². The van der Waals surface area contributed by atoms with Crippen LogP contribution in [0.25, 0.3) is 11.3 Å². The second-order valence-electron chi connectivity index (χ2n) is 7.25. The van der Waals surface area contributed by atoms with E-state index in [1.54, 1.807) is 12.4 Å². The lowest BCUT2D eigenvalue weighted by molar-refractivity contribution is 0.262. The van der Waals surface area contributed by atoms with Gasteiger partial charge in [-0.3, -0.25) is 4.98 Å². The van der Waals surface area contributed by atoms with Crippen LogP contribution in [-0.2, 0) is 0 Å². The molecule has 0 atom stereocenters. The van der Waals surface area contributed by atoms with Crippen molar-refractivity contribution in [3.63, 3.8) is 0 Å². The predicted octanol–water partition coefficient (Wildman–Crippen LogP) is 5.09. The second-order valence-corrected chi connectivity index (χ2v) is 7.25. The third kappa shape index (κ3) is 4.54. The van der Waals surface area contributed by atoms with Crippen molar-refractivity contribution in [3.05, 3.63) is 66.5 Å². The van der Waals surface area contributed by atoms with Crippen molar-refractivity contribution in [1.29, 1.82) is 0 Å². The lowest BCUT2D eigenvalue weighted by Gasteiger charge is -2.28. The number of amides is 2. The van der Waals surface area contributed by atoms with Gasteiger partial charge in [-0.25, -0.2) is 9.78 Å². The highest BCUT2D eigenvalue weighted by atomic mass is 16.2. The third-order valence-electron chi connectivity index (χ3n) is 5.12. The van der Waals surface area contributed by atoms with E-state index in [4.69, 9.17) is 0 Å². The van der Waals surface area contributed by atoms with Crippen LogP contribution in [0, 0.1) is 6.92 Å². The molecule has 1 aliphatic heterocycles. The van der Waals surface area contributed by atoms with Crippen LogP contribution in [0.1, 0.15) is 24.8 Å². The molecule has 3 aromatic rings. The van der Waals surface area contributed by atoms with Crippen molar-refractivity contribution in [1.82, 2.24) is 9.97 Å². The molecule has 6 heteroatoms. The number of para-hydroxylation sites is 1. The number of carbonyl (C=O) groups excluding carboxylic acids is 1.